The molecule has 0 bridgehead atoms. The normalized spacial score (nSPS) is 33.3. The summed E-state index contributed by atoms with van der Waals surface area (Å²) in [7, 11) is 0. The molecule has 0 aromatic heterocycles. The highest BCUT2D eigenvalue weighted by Crippen LogP contribution is 2.67. The van der Waals surface area contributed by atoms with Crippen molar-refractivity contribution < 1.29 is 9.53 Å². The maximum Gasteiger partial charge on any atom is 0.306 e. The first-order valence-corrected chi connectivity index (χ1v) is 21.2. The van der Waals surface area contributed by atoms with Crippen LogP contribution in [0, 0.1) is 52.3 Å². The molecule has 0 aromatic carbocycles. The van der Waals surface area contributed by atoms with E-state index in [2.05, 4.69) is 66.7 Å². The van der Waals surface area contributed by atoms with Gasteiger partial charge in [0.1, 0.15) is 6.10 Å². The smallest absolute Gasteiger partial charge is 0.306 e. The Hall–Kier alpha value is -1.05. The van der Waals surface area contributed by atoms with Gasteiger partial charge in [-0.1, -0.05) is 156 Å². The van der Waals surface area contributed by atoms with E-state index in [1.807, 2.05) is 0 Å². The molecule has 3 fully saturated rings. The van der Waals surface area contributed by atoms with Gasteiger partial charge in [-0.3, -0.25) is 4.79 Å². The molecule has 0 aliphatic heterocycles. The zero-order valence-corrected chi connectivity index (χ0v) is 32.4. The Morgan fingerprint density at radius 3 is 2.02 bits per heavy atom. The predicted molar refractivity (Wildman–Crippen MR) is 202 cm³/mol. The molecule has 2 nitrogen and oxygen atoms in total. The summed E-state index contributed by atoms with van der Waals surface area (Å²) in [5.41, 5.74) is 2.45. The Morgan fingerprint density at radius 2 is 1.40 bits per heavy atom. The Balaban J connectivity index is 1.14. The number of hydrogen-bond donors (Lipinski definition) is 0. The fraction of sp³-hybridized carbons (Fsp3) is 0.889. The molecule has 0 saturated heterocycles. The number of ether oxygens (including phenoxy) is 1. The van der Waals surface area contributed by atoms with Crippen molar-refractivity contribution in [2.24, 2.45) is 52.3 Å². The van der Waals surface area contributed by atoms with Gasteiger partial charge in [-0.15, -0.1) is 0 Å². The van der Waals surface area contributed by atoms with Gasteiger partial charge in [-0.05, 0) is 104 Å². The zero-order chi connectivity index (χ0) is 33.9. The third-order valence-corrected chi connectivity index (χ3v) is 14.6. The molecule has 0 radical (unpaired) electrons. The summed E-state index contributed by atoms with van der Waals surface area (Å²) >= 11 is 0. The molecule has 47 heavy (non-hydrogen) atoms. The van der Waals surface area contributed by atoms with Gasteiger partial charge in [0.2, 0.25) is 0 Å². The van der Waals surface area contributed by atoms with Crippen LogP contribution in [-0.4, -0.2) is 12.1 Å². The molecule has 3 saturated carbocycles. The average molecular weight is 651 g/mol. The number of carbonyl (C=O) groups is 1. The molecule has 4 rings (SSSR count). The van der Waals surface area contributed by atoms with Gasteiger partial charge >= 0.3 is 5.97 Å². The van der Waals surface area contributed by atoms with Crippen LogP contribution in [-0.2, 0) is 9.53 Å². The van der Waals surface area contributed by atoms with E-state index in [9.17, 15) is 4.79 Å². The van der Waals surface area contributed by atoms with Crippen molar-refractivity contribution in [1.82, 2.24) is 0 Å². The number of unbranched alkanes of at least 4 members (excludes halogenated alkanes) is 13. The second-order valence-electron chi connectivity index (χ2n) is 18.0. The van der Waals surface area contributed by atoms with Gasteiger partial charge in [0.05, 0.1) is 0 Å². The predicted octanol–water partition coefficient (Wildman–Crippen LogP) is 13.8. The van der Waals surface area contributed by atoms with Crippen molar-refractivity contribution in [2.75, 3.05) is 0 Å². The van der Waals surface area contributed by atoms with E-state index in [0.29, 0.717) is 29.1 Å². The zero-order valence-electron chi connectivity index (χ0n) is 32.4. The molecule has 0 heterocycles. The number of allylic oxidation sites excluding steroid dienone is 3. The van der Waals surface area contributed by atoms with E-state index < -0.39 is 0 Å². The molecule has 2 heteroatoms. The second kappa shape index (κ2) is 18.8. The first-order chi connectivity index (χ1) is 22.6. The van der Waals surface area contributed by atoms with E-state index in [1.165, 1.54) is 122 Å². The molecule has 4 aliphatic rings. The quantitative estimate of drug-likeness (QED) is 0.0744. The lowest BCUT2D eigenvalue weighted by atomic mass is 9.47. The highest BCUT2D eigenvalue weighted by Gasteiger charge is 2.59. The molecule has 4 aliphatic carbocycles. The largest absolute Gasteiger partial charge is 0.462 e. The molecule has 0 amide bonds. The van der Waals surface area contributed by atoms with Crippen LogP contribution in [0.1, 0.15) is 196 Å². The Kier molecular flexibility index (Phi) is 15.5. The van der Waals surface area contributed by atoms with Crippen molar-refractivity contribution in [3.63, 3.8) is 0 Å². The van der Waals surface area contributed by atoms with Crippen LogP contribution in [0.5, 0.6) is 0 Å². The van der Waals surface area contributed by atoms with E-state index >= 15 is 0 Å². The summed E-state index contributed by atoms with van der Waals surface area (Å²) in [6.07, 6.45) is 37.5. The maximum absolute atomic E-state index is 12.8. The molecule has 270 valence electrons. The van der Waals surface area contributed by atoms with Crippen LogP contribution in [0.4, 0.5) is 0 Å². The summed E-state index contributed by atoms with van der Waals surface area (Å²) < 4.78 is 6.13. The Morgan fingerprint density at radius 1 is 0.787 bits per heavy atom. The molecule has 0 aromatic rings. The molecular formula is C45H78O2. The third-order valence-electron chi connectivity index (χ3n) is 14.6. The van der Waals surface area contributed by atoms with Crippen molar-refractivity contribution in [2.45, 2.75) is 202 Å². The highest BCUT2D eigenvalue weighted by molar-refractivity contribution is 5.69. The summed E-state index contributed by atoms with van der Waals surface area (Å²) in [6, 6.07) is 0. The van der Waals surface area contributed by atoms with E-state index in [4.69, 9.17) is 4.74 Å². The number of fused-ring (bicyclic) bond motifs is 5. The lowest BCUT2D eigenvalue weighted by Crippen LogP contribution is -2.51. The molecular weight excluding hydrogens is 572 g/mol. The first kappa shape index (κ1) is 38.7. The maximum atomic E-state index is 12.8. The van der Waals surface area contributed by atoms with Crippen LogP contribution in [0.15, 0.2) is 23.8 Å². The summed E-state index contributed by atoms with van der Waals surface area (Å²) in [5, 5.41) is 0. The van der Waals surface area contributed by atoms with Gasteiger partial charge in [0.15, 0.2) is 0 Å². The fourth-order valence-electron chi connectivity index (χ4n) is 11.0. The monoisotopic (exact) mass is 651 g/mol. The van der Waals surface area contributed by atoms with Gasteiger partial charge in [0.25, 0.3) is 0 Å². The number of rotatable bonds is 20. The van der Waals surface area contributed by atoms with E-state index in [-0.39, 0.29) is 12.1 Å². The molecule has 0 N–H and O–H groups in total. The number of hydrogen-bond acceptors (Lipinski definition) is 2. The summed E-state index contributed by atoms with van der Waals surface area (Å²) in [4.78, 5) is 12.8. The lowest BCUT2D eigenvalue weighted by Gasteiger charge is -2.58. The second-order valence-corrected chi connectivity index (χ2v) is 18.0. The van der Waals surface area contributed by atoms with Crippen molar-refractivity contribution in [3.05, 3.63) is 23.8 Å². The van der Waals surface area contributed by atoms with Crippen LogP contribution in [0.2, 0.25) is 0 Å². The van der Waals surface area contributed by atoms with Crippen LogP contribution in [0.25, 0.3) is 0 Å². The number of esters is 1. The van der Waals surface area contributed by atoms with Crippen molar-refractivity contribution in [3.8, 4) is 0 Å². The van der Waals surface area contributed by atoms with Crippen LogP contribution in [0.3, 0.4) is 0 Å². The molecule has 9 atom stereocenters. The van der Waals surface area contributed by atoms with Crippen LogP contribution < -0.4 is 0 Å². The fourth-order valence-corrected chi connectivity index (χ4v) is 11.0. The standard InChI is InChI=1S/C45H78O2/c1-8-9-10-11-12-13-14-15-16-17-18-19-20-21-22-43(46)47-38-29-31-44(6)37(33-38)25-26-39-41-28-27-40(45(41,7)32-30-42(39)44)36(5)24-23-35(4)34(2)3/h23-25,34-36,38-42H,8-22,26-33H2,1-7H3/b24-23+. The van der Waals surface area contributed by atoms with Gasteiger partial charge in [0, 0.05) is 12.8 Å². The number of carbonyl (C=O) groups excluding carboxylic acids is 1. The highest BCUT2D eigenvalue weighted by atomic mass is 16.5. The SMILES string of the molecule is CCCCCCCCCCCCCCCCC(=O)OC1CCC2(C)C(=CCC3C2CCC2(C)C(C(C)/C=C/C(C)C(C)C)CCC32)C1. The summed E-state index contributed by atoms with van der Waals surface area (Å²) in [5.74, 6) is 5.50. The minimum absolute atomic E-state index is 0.0585. The van der Waals surface area contributed by atoms with E-state index in [1.54, 1.807) is 5.57 Å². The average Bonchev–Trinajstić information content (AvgIpc) is 3.41. The van der Waals surface area contributed by atoms with Gasteiger partial charge < -0.3 is 4.74 Å². The van der Waals surface area contributed by atoms with Crippen LogP contribution >= 0.6 is 0 Å². The molecule has 0 spiro atoms. The van der Waals surface area contributed by atoms with E-state index in [0.717, 1.165) is 48.9 Å². The Labute approximate surface area is 293 Å². The molecule has 9 unspecified atom stereocenters. The first-order valence-electron chi connectivity index (χ1n) is 21.2. The van der Waals surface area contributed by atoms with Crippen molar-refractivity contribution in [1.29, 1.82) is 0 Å². The van der Waals surface area contributed by atoms with Crippen molar-refractivity contribution >= 4 is 5.97 Å². The van der Waals surface area contributed by atoms with Gasteiger partial charge in [-0.25, -0.2) is 0 Å². The Bertz CT molecular complexity index is 992. The summed E-state index contributed by atoms with van der Waals surface area (Å²) in [6.45, 7) is 17.1. The lowest BCUT2D eigenvalue weighted by molar-refractivity contribution is -0.151. The van der Waals surface area contributed by atoms with Gasteiger partial charge in [-0.2, -0.15) is 0 Å². The minimum Gasteiger partial charge on any atom is -0.462 e. The third kappa shape index (κ3) is 10.2. The topological polar surface area (TPSA) is 26.3 Å². The minimum atomic E-state index is 0.0585.